The first-order valence-electron chi connectivity index (χ1n) is 10.3. The second-order valence-electron chi connectivity index (χ2n) is 7.45. The van der Waals surface area contributed by atoms with Gasteiger partial charge < -0.3 is 20.2 Å². The van der Waals surface area contributed by atoms with Gasteiger partial charge in [0.15, 0.2) is 0 Å². The third-order valence-electron chi connectivity index (χ3n) is 5.08. The number of aromatic nitrogens is 3. The maximum atomic E-state index is 12.8. The number of nitrogens with one attached hydrogen (secondary N) is 3. The number of amides is 2. The number of hydrogen-bond acceptors (Lipinski definition) is 4. The van der Waals surface area contributed by atoms with Gasteiger partial charge in [0.2, 0.25) is 5.91 Å². The summed E-state index contributed by atoms with van der Waals surface area (Å²) in [6.07, 6.45) is 1.49. The van der Waals surface area contributed by atoms with E-state index in [4.69, 9.17) is 0 Å². The van der Waals surface area contributed by atoms with Crippen LogP contribution >= 0.6 is 0 Å². The summed E-state index contributed by atoms with van der Waals surface area (Å²) in [5, 5.41) is 5.57. The maximum absolute atomic E-state index is 12.8. The lowest BCUT2D eigenvalue weighted by molar-refractivity contribution is -0.121. The van der Waals surface area contributed by atoms with Crippen LogP contribution < -0.4 is 16.2 Å². The Morgan fingerprint density at radius 1 is 1.03 bits per heavy atom. The third-order valence-corrected chi connectivity index (χ3v) is 5.08. The number of aromatic amines is 1. The highest BCUT2D eigenvalue weighted by molar-refractivity contribution is 5.94. The molecule has 162 valence electrons. The van der Waals surface area contributed by atoms with E-state index in [2.05, 4.69) is 20.6 Å². The predicted octanol–water partition coefficient (Wildman–Crippen LogP) is 2.53. The lowest BCUT2D eigenvalue weighted by Crippen LogP contribution is -2.37. The Labute approximate surface area is 184 Å². The first-order valence-corrected chi connectivity index (χ1v) is 10.3. The zero-order valence-electron chi connectivity index (χ0n) is 17.5. The number of carbonyl (C=O) groups excluding carboxylic acids is 2. The van der Waals surface area contributed by atoms with Crippen LogP contribution in [0, 0.1) is 0 Å². The average molecular weight is 429 g/mol. The zero-order valence-corrected chi connectivity index (χ0v) is 17.5. The van der Waals surface area contributed by atoms with E-state index in [1.54, 1.807) is 13.0 Å². The number of rotatable bonds is 7. The molecule has 2 amide bonds. The van der Waals surface area contributed by atoms with E-state index >= 15 is 0 Å². The second kappa shape index (κ2) is 9.30. The number of para-hydroxylation sites is 2. The van der Waals surface area contributed by atoms with Crippen LogP contribution in [-0.2, 0) is 17.9 Å². The lowest BCUT2D eigenvalue weighted by Gasteiger charge is -2.12. The van der Waals surface area contributed by atoms with E-state index in [1.807, 2.05) is 54.6 Å². The Kier molecular flexibility index (Phi) is 6.12. The minimum absolute atomic E-state index is 0.0358. The molecule has 0 aliphatic carbocycles. The molecule has 0 aliphatic rings. The lowest BCUT2D eigenvalue weighted by atomic mass is 10.2. The highest BCUT2D eigenvalue weighted by Crippen LogP contribution is 2.15. The van der Waals surface area contributed by atoms with E-state index in [0.29, 0.717) is 12.4 Å². The summed E-state index contributed by atoms with van der Waals surface area (Å²) >= 11 is 0. The summed E-state index contributed by atoms with van der Waals surface area (Å²) in [5.41, 5.74) is 2.06. The van der Waals surface area contributed by atoms with Crippen molar-refractivity contribution in [3.8, 4) is 0 Å². The van der Waals surface area contributed by atoms with Gasteiger partial charge >= 0.3 is 0 Å². The van der Waals surface area contributed by atoms with Gasteiger partial charge in [-0.05, 0) is 36.8 Å². The molecule has 4 aromatic rings. The monoisotopic (exact) mass is 429 g/mol. The standard InChI is InChI=1S/C24H23N5O3/c1-16(22-27-19-11-5-6-12-20(19)28-22)26-23(31)18-10-7-13-29(24(18)32)15-21(30)25-14-17-8-3-2-4-9-17/h2-13,16H,14-15H2,1H3,(H,25,30)(H,26,31)(H,27,28)/t16-/m0/s1. The Morgan fingerprint density at radius 3 is 2.56 bits per heavy atom. The molecular formula is C24H23N5O3. The van der Waals surface area contributed by atoms with Crippen LogP contribution in [0.25, 0.3) is 11.0 Å². The van der Waals surface area contributed by atoms with Gasteiger partial charge in [-0.15, -0.1) is 0 Å². The molecule has 3 N–H and O–H groups in total. The Hall–Kier alpha value is -4.20. The van der Waals surface area contributed by atoms with Crippen LogP contribution in [-0.4, -0.2) is 26.3 Å². The van der Waals surface area contributed by atoms with Crippen LogP contribution in [0.2, 0.25) is 0 Å². The molecule has 8 heteroatoms. The van der Waals surface area contributed by atoms with E-state index in [0.717, 1.165) is 16.6 Å². The third kappa shape index (κ3) is 4.75. The van der Waals surface area contributed by atoms with E-state index in [9.17, 15) is 14.4 Å². The van der Waals surface area contributed by atoms with Gasteiger partial charge in [-0.2, -0.15) is 0 Å². The predicted molar refractivity (Wildman–Crippen MR) is 121 cm³/mol. The Morgan fingerprint density at radius 2 is 1.78 bits per heavy atom. The van der Waals surface area contributed by atoms with Crippen LogP contribution in [0.5, 0.6) is 0 Å². The molecule has 0 fully saturated rings. The molecule has 8 nitrogen and oxygen atoms in total. The molecule has 32 heavy (non-hydrogen) atoms. The van der Waals surface area contributed by atoms with Gasteiger partial charge in [-0.25, -0.2) is 4.98 Å². The summed E-state index contributed by atoms with van der Waals surface area (Å²) in [5.74, 6) is -0.248. The smallest absolute Gasteiger partial charge is 0.263 e. The maximum Gasteiger partial charge on any atom is 0.263 e. The number of hydrogen-bond donors (Lipinski definition) is 3. The molecule has 0 bridgehead atoms. The molecule has 2 heterocycles. The van der Waals surface area contributed by atoms with Crippen molar-refractivity contribution in [3.05, 3.63) is 100 Å². The summed E-state index contributed by atoms with van der Waals surface area (Å²) in [4.78, 5) is 45.5. The van der Waals surface area contributed by atoms with Gasteiger partial charge in [0.05, 0.1) is 17.1 Å². The van der Waals surface area contributed by atoms with Crippen LogP contribution in [0.3, 0.4) is 0 Å². The SMILES string of the molecule is C[C@H](NC(=O)c1cccn(CC(=O)NCc2ccccc2)c1=O)c1nc2ccccc2[nH]1. The highest BCUT2D eigenvalue weighted by atomic mass is 16.2. The number of imidazole rings is 1. The highest BCUT2D eigenvalue weighted by Gasteiger charge is 2.18. The summed E-state index contributed by atoms with van der Waals surface area (Å²) in [7, 11) is 0. The van der Waals surface area contributed by atoms with Crippen molar-refractivity contribution in [3.63, 3.8) is 0 Å². The molecule has 0 spiro atoms. The van der Waals surface area contributed by atoms with E-state index in [-0.39, 0.29) is 18.0 Å². The second-order valence-corrected chi connectivity index (χ2v) is 7.45. The van der Waals surface area contributed by atoms with Crippen molar-refractivity contribution < 1.29 is 9.59 Å². The van der Waals surface area contributed by atoms with Crippen molar-refractivity contribution in [2.24, 2.45) is 0 Å². The summed E-state index contributed by atoms with van der Waals surface area (Å²) < 4.78 is 1.22. The molecule has 0 saturated heterocycles. The zero-order chi connectivity index (χ0) is 22.5. The first kappa shape index (κ1) is 21.0. The number of pyridine rings is 1. The molecular weight excluding hydrogens is 406 g/mol. The average Bonchev–Trinajstić information content (AvgIpc) is 3.24. The van der Waals surface area contributed by atoms with Gasteiger partial charge in [0.1, 0.15) is 17.9 Å². The molecule has 0 saturated carbocycles. The molecule has 0 radical (unpaired) electrons. The minimum Gasteiger partial charge on any atom is -0.350 e. The van der Waals surface area contributed by atoms with Crippen LogP contribution in [0.4, 0.5) is 0 Å². The summed E-state index contributed by atoms with van der Waals surface area (Å²) in [6, 6.07) is 19.6. The van der Waals surface area contributed by atoms with Gasteiger partial charge in [-0.1, -0.05) is 42.5 Å². The number of benzene rings is 2. The summed E-state index contributed by atoms with van der Waals surface area (Å²) in [6.45, 7) is 1.98. The number of carbonyl (C=O) groups is 2. The largest absolute Gasteiger partial charge is 0.350 e. The van der Waals surface area contributed by atoms with Gasteiger partial charge in [-0.3, -0.25) is 14.4 Å². The van der Waals surface area contributed by atoms with Crippen molar-refractivity contribution in [2.75, 3.05) is 0 Å². The number of nitrogens with zero attached hydrogens (tertiary/aromatic N) is 2. The normalized spacial score (nSPS) is 11.8. The molecule has 1 atom stereocenters. The molecule has 0 aliphatic heterocycles. The Balaban J connectivity index is 1.42. The van der Waals surface area contributed by atoms with Gasteiger partial charge in [0.25, 0.3) is 11.5 Å². The number of H-pyrrole nitrogens is 1. The molecule has 4 rings (SSSR count). The van der Waals surface area contributed by atoms with E-state index < -0.39 is 17.5 Å². The molecule has 2 aromatic heterocycles. The molecule has 0 unspecified atom stereocenters. The topological polar surface area (TPSA) is 109 Å². The quantitative estimate of drug-likeness (QED) is 0.419. The van der Waals surface area contributed by atoms with Crippen molar-refractivity contribution in [2.45, 2.75) is 26.1 Å². The fraction of sp³-hybridized carbons (Fsp3) is 0.167. The van der Waals surface area contributed by atoms with Crippen LogP contribution in [0.15, 0.2) is 77.7 Å². The molecule has 2 aromatic carbocycles. The van der Waals surface area contributed by atoms with Gasteiger partial charge in [0, 0.05) is 12.7 Å². The minimum atomic E-state index is -0.531. The number of fused-ring (bicyclic) bond motifs is 1. The Bertz CT molecular complexity index is 1280. The van der Waals surface area contributed by atoms with Crippen molar-refractivity contribution in [1.29, 1.82) is 0 Å². The fourth-order valence-corrected chi connectivity index (χ4v) is 3.36. The van der Waals surface area contributed by atoms with E-state index in [1.165, 1.54) is 16.8 Å². The first-order chi connectivity index (χ1) is 15.5. The van der Waals surface area contributed by atoms with Crippen LogP contribution in [0.1, 0.15) is 34.7 Å². The van der Waals surface area contributed by atoms with Crippen molar-refractivity contribution >= 4 is 22.8 Å². The fourth-order valence-electron chi connectivity index (χ4n) is 3.36. The van der Waals surface area contributed by atoms with Crippen molar-refractivity contribution in [1.82, 2.24) is 25.2 Å².